The molecule has 0 aliphatic carbocycles. The lowest BCUT2D eigenvalue weighted by Gasteiger charge is -2.29. The molecule has 9 atom stereocenters. The first-order chi connectivity index (χ1) is 34.1. The first kappa shape index (κ1) is 57.1. The normalized spacial score (nSPS) is 24.3. The molecule has 1 aromatic heterocycles. The van der Waals surface area contributed by atoms with Gasteiger partial charge in [0.1, 0.15) is 48.3 Å². The lowest BCUT2D eigenvalue weighted by Crippen LogP contribution is -2.63. The molecule has 1 fully saturated rings. The lowest BCUT2D eigenvalue weighted by molar-refractivity contribution is -0.138. The lowest BCUT2D eigenvalue weighted by atomic mass is 10.0. The van der Waals surface area contributed by atoms with Crippen LogP contribution in [0.1, 0.15) is 75.8 Å². The molecule has 18 N–H and O–H groups in total. The number of para-hydroxylation sites is 1. The van der Waals surface area contributed by atoms with E-state index in [0.717, 1.165) is 10.9 Å². The average molecular weight is 993 g/mol. The molecule has 1 saturated heterocycles. The molecule has 0 radical (unpaired) electrons. The number of nitrogens with one attached hydrogen (secondary N) is 9. The molecule has 23 nitrogen and oxygen atoms in total. The minimum absolute atomic E-state index is 0.00501. The largest absolute Gasteiger partial charge is 0.394 e. The number of nitrogens with two attached hydrogens (primary N) is 3. The maximum atomic E-state index is 14.6. The van der Waals surface area contributed by atoms with Gasteiger partial charge in [0.2, 0.25) is 47.3 Å². The number of hydrogen-bond acceptors (Lipinski definition) is 14. The van der Waals surface area contributed by atoms with E-state index in [0.29, 0.717) is 49.7 Å². The number of fused-ring (bicyclic) bond motifs is 1. The molecule has 23 heteroatoms. The highest BCUT2D eigenvalue weighted by Gasteiger charge is 2.37. The quantitative estimate of drug-likeness (QED) is 0.0521. The zero-order chi connectivity index (χ0) is 51.9. The summed E-state index contributed by atoms with van der Waals surface area (Å²) in [6.45, 7) is 0.0322. The van der Waals surface area contributed by atoms with Crippen molar-refractivity contribution in [2.75, 3.05) is 32.8 Å². The van der Waals surface area contributed by atoms with Crippen LogP contribution in [-0.4, -0.2) is 155 Å². The van der Waals surface area contributed by atoms with Crippen LogP contribution in [0.5, 0.6) is 0 Å². The van der Waals surface area contributed by atoms with Gasteiger partial charge in [0, 0.05) is 29.9 Å². The second-order valence-electron chi connectivity index (χ2n) is 17.6. The Morgan fingerprint density at radius 3 is 1.31 bits per heavy atom. The fourth-order valence-electron chi connectivity index (χ4n) is 8.02. The molecular weight excluding hydrogens is 921 g/mol. The zero-order valence-electron chi connectivity index (χ0n) is 40.1. The molecule has 4 rings (SSSR count). The molecule has 1 aliphatic rings. The Morgan fingerprint density at radius 2 is 0.845 bits per heavy atom. The Labute approximate surface area is 412 Å². The van der Waals surface area contributed by atoms with Gasteiger partial charge in [-0.3, -0.25) is 38.4 Å². The second-order valence-corrected chi connectivity index (χ2v) is 17.6. The van der Waals surface area contributed by atoms with Crippen LogP contribution in [0, 0.1) is 0 Å². The van der Waals surface area contributed by atoms with E-state index in [4.69, 9.17) is 17.2 Å². The molecule has 0 unspecified atom stereocenters. The van der Waals surface area contributed by atoms with Crippen molar-refractivity contribution in [2.45, 2.75) is 132 Å². The van der Waals surface area contributed by atoms with E-state index >= 15 is 0 Å². The summed E-state index contributed by atoms with van der Waals surface area (Å²) in [6, 6.07) is 3.84. The maximum Gasteiger partial charge on any atom is 0.245 e. The molecule has 0 spiro atoms. The van der Waals surface area contributed by atoms with Gasteiger partial charge in [-0.25, -0.2) is 0 Å². The number of carbonyl (C=O) groups excluding carboxylic acids is 8. The van der Waals surface area contributed by atoms with Crippen LogP contribution in [0.15, 0.2) is 60.8 Å². The molecule has 0 bridgehead atoms. The highest BCUT2D eigenvalue weighted by Crippen LogP contribution is 2.20. The van der Waals surface area contributed by atoms with E-state index in [2.05, 4.69) is 47.5 Å². The van der Waals surface area contributed by atoms with Gasteiger partial charge in [0.25, 0.3) is 0 Å². The van der Waals surface area contributed by atoms with Crippen LogP contribution in [0.4, 0.5) is 0 Å². The van der Waals surface area contributed by atoms with Gasteiger partial charge < -0.3 is 80.0 Å². The molecule has 3 aromatic rings. The number of aromatic amines is 1. The van der Waals surface area contributed by atoms with E-state index < -0.39 is 115 Å². The van der Waals surface area contributed by atoms with Gasteiger partial charge >= 0.3 is 0 Å². The van der Waals surface area contributed by atoms with Gasteiger partial charge in [0.05, 0.1) is 19.3 Å². The summed E-state index contributed by atoms with van der Waals surface area (Å²) in [5.74, 6) is -7.44. The van der Waals surface area contributed by atoms with Crippen LogP contribution in [0.25, 0.3) is 10.9 Å². The fraction of sp³-hybridized carbons (Fsp3) is 0.542. The third-order valence-electron chi connectivity index (χ3n) is 12.1. The number of carbonyl (C=O) groups is 8. The first-order valence-corrected chi connectivity index (χ1v) is 24.2. The third-order valence-corrected chi connectivity index (χ3v) is 12.1. The number of H-pyrrole nitrogens is 1. The van der Waals surface area contributed by atoms with Crippen LogP contribution in [-0.2, 0) is 51.2 Å². The minimum atomic E-state index is -1.69. The summed E-state index contributed by atoms with van der Waals surface area (Å²) in [5.41, 5.74) is 19.1. The van der Waals surface area contributed by atoms with Gasteiger partial charge in [-0.1, -0.05) is 48.5 Å². The summed E-state index contributed by atoms with van der Waals surface area (Å²) in [7, 11) is 0. The van der Waals surface area contributed by atoms with E-state index in [9.17, 15) is 53.7 Å². The van der Waals surface area contributed by atoms with Crippen molar-refractivity contribution >= 4 is 58.2 Å². The predicted octanol–water partition coefficient (Wildman–Crippen LogP) is -3.40. The Balaban J connectivity index is 1.83. The number of unbranched alkanes of at least 4 members (excludes halogenated alkanes) is 3. The summed E-state index contributed by atoms with van der Waals surface area (Å²) in [4.78, 5) is 116. The van der Waals surface area contributed by atoms with Gasteiger partial charge in [-0.15, -0.1) is 0 Å². The Bertz CT molecular complexity index is 2230. The van der Waals surface area contributed by atoms with Crippen LogP contribution < -0.4 is 59.7 Å². The monoisotopic (exact) mass is 993 g/mol. The van der Waals surface area contributed by atoms with Gasteiger partial charge in [-0.05, 0) is 102 Å². The van der Waals surface area contributed by atoms with Crippen LogP contribution in [0.2, 0.25) is 0 Å². The standard InChI is InChI=1S/C48H72N12O11/c1-28(63)40-48(71)55-34(18-8-11-21-50)42(65)58-38(26-61)46(69)54-33(17-7-10-20-49)41(64)59-39(27-62)47(70)57-37(24-30-25-52-32-16-6-5-15-31(30)32)45(68)56-36(23-29-13-3-2-4-14-29)44(67)53-35(43(66)60-40)19-9-12-22-51/h2-6,13-16,25,28,33-40,52,61-63H,7-12,17-24,26-27,49-51H2,1H3,(H,53,67)(H,54,69)(H,55,71)(H,56,68)(H,57,70)(H,58,65)(H,59,64)(H,60,66)/t28-,33+,34+,35+,36-,37+,38-,39-,40-/m1/s1. The topological polar surface area (TPSA) is 387 Å². The van der Waals surface area contributed by atoms with Crippen molar-refractivity contribution in [3.05, 3.63) is 71.9 Å². The molecule has 2 aromatic carbocycles. The number of aromatic nitrogens is 1. The Kier molecular flexibility index (Phi) is 23.8. The van der Waals surface area contributed by atoms with Gasteiger partial charge in [0.15, 0.2) is 0 Å². The summed E-state index contributed by atoms with van der Waals surface area (Å²) in [5, 5.41) is 52.9. The second kappa shape index (κ2) is 29.6. The number of aliphatic hydroxyl groups excluding tert-OH is 3. The van der Waals surface area contributed by atoms with E-state index in [1.165, 1.54) is 6.92 Å². The predicted molar refractivity (Wildman–Crippen MR) is 262 cm³/mol. The van der Waals surface area contributed by atoms with Crippen LogP contribution >= 0.6 is 0 Å². The number of amides is 8. The first-order valence-electron chi connectivity index (χ1n) is 24.2. The maximum absolute atomic E-state index is 14.6. The molecular formula is C48H72N12O11. The minimum Gasteiger partial charge on any atom is -0.394 e. The van der Waals surface area contributed by atoms with Crippen molar-refractivity contribution < 1.29 is 53.7 Å². The third kappa shape index (κ3) is 17.7. The zero-order valence-corrected chi connectivity index (χ0v) is 40.1. The Hall–Kier alpha value is -6.50. The average Bonchev–Trinajstić information content (AvgIpc) is 3.77. The number of benzene rings is 2. The van der Waals surface area contributed by atoms with Crippen LogP contribution in [0.3, 0.4) is 0 Å². The summed E-state index contributed by atoms with van der Waals surface area (Å²) < 4.78 is 0. The highest BCUT2D eigenvalue weighted by molar-refractivity contribution is 5.99. The SMILES string of the molecule is C[C@@H](O)[C@H]1NC(=O)[C@H](CCCCN)NC(=O)[C@@H](Cc2ccccc2)NC(=O)[C@H](Cc2c[nH]c3ccccc23)NC(=O)[C@@H](CO)NC(=O)[C@H](CCCCN)NC(=O)[C@@H](CO)NC(=O)[C@H](CCCCN)NC1=O. The molecule has 2 heterocycles. The molecule has 71 heavy (non-hydrogen) atoms. The van der Waals surface area contributed by atoms with Crippen molar-refractivity contribution in [1.29, 1.82) is 0 Å². The molecule has 390 valence electrons. The van der Waals surface area contributed by atoms with Gasteiger partial charge in [-0.2, -0.15) is 0 Å². The summed E-state index contributed by atoms with van der Waals surface area (Å²) >= 11 is 0. The fourth-order valence-corrected chi connectivity index (χ4v) is 8.02. The van der Waals surface area contributed by atoms with Crippen molar-refractivity contribution in [2.24, 2.45) is 17.2 Å². The van der Waals surface area contributed by atoms with E-state index in [1.54, 1.807) is 54.7 Å². The van der Waals surface area contributed by atoms with E-state index in [1.807, 2.05) is 6.07 Å². The smallest absolute Gasteiger partial charge is 0.245 e. The molecule has 1 aliphatic heterocycles. The summed E-state index contributed by atoms with van der Waals surface area (Å²) in [6.07, 6.45) is 2.01. The van der Waals surface area contributed by atoms with E-state index in [-0.39, 0.29) is 51.7 Å². The number of aliphatic hydroxyl groups is 3. The van der Waals surface area contributed by atoms with Crippen molar-refractivity contribution in [3.63, 3.8) is 0 Å². The Morgan fingerprint density at radius 1 is 0.465 bits per heavy atom. The van der Waals surface area contributed by atoms with Crippen molar-refractivity contribution in [1.82, 2.24) is 47.5 Å². The number of rotatable bonds is 19. The molecule has 0 saturated carbocycles. The highest BCUT2D eigenvalue weighted by atomic mass is 16.3. The number of hydrogen-bond donors (Lipinski definition) is 15. The molecule has 8 amide bonds. The van der Waals surface area contributed by atoms with Crippen molar-refractivity contribution in [3.8, 4) is 0 Å².